The van der Waals surface area contributed by atoms with E-state index in [0.29, 0.717) is 23.9 Å². The Kier molecular flexibility index (Phi) is 5.07. The minimum absolute atomic E-state index is 0.212. The van der Waals surface area contributed by atoms with Crippen LogP contribution in [0.25, 0.3) is 11.5 Å². The van der Waals surface area contributed by atoms with Gasteiger partial charge in [-0.3, -0.25) is 18.8 Å². The number of hydrogen-bond donors (Lipinski definition) is 3. The molecule has 4 heterocycles. The first-order valence-corrected chi connectivity index (χ1v) is 10.8. The summed E-state index contributed by atoms with van der Waals surface area (Å²) in [7, 11) is 3.53. The Hall–Kier alpha value is -4.22. The second-order valence-corrected chi connectivity index (χ2v) is 8.28. The molecule has 4 aromatic heterocycles. The number of aryl methyl sites for hydroxylation is 1. The van der Waals surface area contributed by atoms with Crippen molar-refractivity contribution in [3.8, 4) is 5.82 Å². The summed E-state index contributed by atoms with van der Waals surface area (Å²) in [6.07, 6.45) is 2.34. The number of halogens is 1. The van der Waals surface area contributed by atoms with Gasteiger partial charge in [0.15, 0.2) is 11.5 Å². The molecule has 1 aliphatic carbocycles. The minimum Gasteiger partial charge on any atom is -0.373 e. The zero-order chi connectivity index (χ0) is 24.1. The number of amides is 1. The zero-order valence-corrected chi connectivity index (χ0v) is 19.1. The number of carbonyl (C=O) groups is 1. The molecule has 1 aliphatic rings. The molecule has 0 aliphatic heterocycles. The van der Waals surface area contributed by atoms with Crippen LogP contribution in [0, 0.1) is 13.8 Å². The van der Waals surface area contributed by atoms with Crippen molar-refractivity contribution < 1.29 is 9.18 Å². The molecular formula is C22H24FN9O2. The first-order chi connectivity index (χ1) is 16.3. The molecule has 34 heavy (non-hydrogen) atoms. The number of rotatable bonds is 6. The van der Waals surface area contributed by atoms with Gasteiger partial charge in [-0.2, -0.15) is 14.7 Å². The lowest BCUT2D eigenvalue weighted by Crippen LogP contribution is -2.27. The Labute approximate surface area is 193 Å². The van der Waals surface area contributed by atoms with Crippen LogP contribution in [0.2, 0.25) is 0 Å². The average Bonchev–Trinajstić information content (AvgIpc) is 3.23. The number of hydrogen-bond acceptors (Lipinski definition) is 7. The molecule has 1 fully saturated rings. The average molecular weight is 465 g/mol. The molecule has 4 aromatic rings. The van der Waals surface area contributed by atoms with Gasteiger partial charge in [0.2, 0.25) is 0 Å². The van der Waals surface area contributed by atoms with Gasteiger partial charge in [-0.1, -0.05) is 0 Å². The second kappa shape index (κ2) is 7.97. The molecule has 1 amide bonds. The fourth-order valence-corrected chi connectivity index (χ4v) is 3.74. The normalized spacial score (nSPS) is 17.1. The Morgan fingerprint density at radius 3 is 2.71 bits per heavy atom. The lowest BCUT2D eigenvalue weighted by atomic mass is 10.2. The molecule has 5 rings (SSSR count). The van der Waals surface area contributed by atoms with Crippen molar-refractivity contribution >= 4 is 28.9 Å². The van der Waals surface area contributed by atoms with Gasteiger partial charge in [0.1, 0.15) is 29.1 Å². The SMILES string of the molecule is CNc1cc(Nc2cccn(-c3nn(C)c(C)c3C)c2=O)nc2c(C(=O)N[C@@H]3C[C@@H]3F)cnn12. The summed E-state index contributed by atoms with van der Waals surface area (Å²) in [5, 5.41) is 17.4. The maximum absolute atomic E-state index is 13.2. The quantitative estimate of drug-likeness (QED) is 0.397. The van der Waals surface area contributed by atoms with E-state index >= 15 is 0 Å². The molecule has 0 unspecified atom stereocenters. The number of carbonyl (C=O) groups excluding carboxylic acids is 1. The summed E-state index contributed by atoms with van der Waals surface area (Å²) in [4.78, 5) is 30.4. The highest BCUT2D eigenvalue weighted by Gasteiger charge is 2.39. The van der Waals surface area contributed by atoms with Gasteiger partial charge in [0.05, 0.1) is 12.2 Å². The number of fused-ring (bicyclic) bond motifs is 1. The summed E-state index contributed by atoms with van der Waals surface area (Å²) >= 11 is 0. The Morgan fingerprint density at radius 1 is 1.29 bits per heavy atom. The van der Waals surface area contributed by atoms with E-state index in [4.69, 9.17) is 0 Å². The van der Waals surface area contributed by atoms with E-state index in [-0.39, 0.29) is 22.5 Å². The highest BCUT2D eigenvalue weighted by molar-refractivity contribution is 6.00. The Morgan fingerprint density at radius 2 is 2.06 bits per heavy atom. The molecule has 3 N–H and O–H groups in total. The first kappa shape index (κ1) is 21.6. The highest BCUT2D eigenvalue weighted by atomic mass is 19.1. The van der Waals surface area contributed by atoms with Crippen molar-refractivity contribution in [3.63, 3.8) is 0 Å². The fraction of sp³-hybridized carbons (Fsp3) is 0.318. The summed E-state index contributed by atoms with van der Waals surface area (Å²) in [6, 6.07) is 4.58. The predicted octanol–water partition coefficient (Wildman–Crippen LogP) is 1.86. The molecule has 0 aromatic carbocycles. The number of aromatic nitrogens is 6. The van der Waals surface area contributed by atoms with E-state index in [9.17, 15) is 14.0 Å². The molecule has 0 bridgehead atoms. The third-order valence-corrected chi connectivity index (χ3v) is 6.05. The Bertz CT molecular complexity index is 1490. The zero-order valence-electron chi connectivity index (χ0n) is 19.1. The van der Waals surface area contributed by atoms with Crippen LogP contribution in [0.1, 0.15) is 28.0 Å². The van der Waals surface area contributed by atoms with E-state index in [0.717, 1.165) is 11.3 Å². The monoisotopic (exact) mass is 465 g/mol. The molecule has 0 saturated heterocycles. The van der Waals surface area contributed by atoms with Crippen LogP contribution in [-0.4, -0.2) is 54.1 Å². The van der Waals surface area contributed by atoms with Crippen molar-refractivity contribution in [2.45, 2.75) is 32.5 Å². The molecule has 2 atom stereocenters. The van der Waals surface area contributed by atoms with Crippen LogP contribution in [0.15, 0.2) is 35.4 Å². The maximum atomic E-state index is 13.2. The van der Waals surface area contributed by atoms with E-state index < -0.39 is 18.1 Å². The van der Waals surface area contributed by atoms with Gasteiger partial charge < -0.3 is 16.0 Å². The van der Waals surface area contributed by atoms with E-state index in [1.54, 1.807) is 36.1 Å². The molecule has 12 heteroatoms. The molecule has 176 valence electrons. The smallest absolute Gasteiger partial charge is 0.280 e. The number of nitrogens with zero attached hydrogens (tertiary/aromatic N) is 6. The summed E-state index contributed by atoms with van der Waals surface area (Å²) in [6.45, 7) is 3.85. The van der Waals surface area contributed by atoms with Crippen LogP contribution in [0.5, 0.6) is 0 Å². The van der Waals surface area contributed by atoms with Crippen molar-refractivity contribution in [2.75, 3.05) is 17.7 Å². The molecule has 0 spiro atoms. The van der Waals surface area contributed by atoms with Crippen molar-refractivity contribution in [3.05, 3.63) is 57.8 Å². The van der Waals surface area contributed by atoms with Crippen LogP contribution < -0.4 is 21.5 Å². The maximum Gasteiger partial charge on any atom is 0.280 e. The van der Waals surface area contributed by atoms with Crippen LogP contribution in [-0.2, 0) is 7.05 Å². The summed E-state index contributed by atoms with van der Waals surface area (Å²) < 4.78 is 17.9. The van der Waals surface area contributed by atoms with Crippen molar-refractivity contribution in [1.29, 1.82) is 0 Å². The van der Waals surface area contributed by atoms with Crippen molar-refractivity contribution in [2.24, 2.45) is 7.05 Å². The fourth-order valence-electron chi connectivity index (χ4n) is 3.74. The molecule has 1 saturated carbocycles. The summed E-state index contributed by atoms with van der Waals surface area (Å²) in [5.41, 5.74) is 2.33. The lowest BCUT2D eigenvalue weighted by molar-refractivity contribution is 0.0949. The molecular weight excluding hydrogens is 441 g/mol. The standard InChI is InChI=1S/C22H24FN9O2/c1-11-12(2)30(4)29-19(11)31-7-5-6-15(22(31)34)26-17-9-18(24-3)32-20(28-17)13(10-25-32)21(33)27-16-8-14(16)23/h5-7,9-10,14,16,24H,8H2,1-4H3,(H,26,28)(H,27,33)/t14-,16+/m0/s1. The van der Waals surface area contributed by atoms with Crippen molar-refractivity contribution in [1.82, 2.24) is 34.3 Å². The number of nitrogens with one attached hydrogen (secondary N) is 3. The number of anilines is 3. The number of pyridine rings is 1. The van der Waals surface area contributed by atoms with Crippen LogP contribution >= 0.6 is 0 Å². The Balaban J connectivity index is 1.53. The largest absolute Gasteiger partial charge is 0.373 e. The topological polar surface area (TPSA) is 123 Å². The van der Waals surface area contributed by atoms with Gasteiger partial charge in [-0.05, 0) is 26.0 Å². The molecule has 11 nitrogen and oxygen atoms in total. The highest BCUT2D eigenvalue weighted by Crippen LogP contribution is 2.26. The lowest BCUT2D eigenvalue weighted by Gasteiger charge is -2.11. The van der Waals surface area contributed by atoms with Gasteiger partial charge in [-0.15, -0.1) is 0 Å². The van der Waals surface area contributed by atoms with Gasteiger partial charge >= 0.3 is 0 Å². The molecule has 0 radical (unpaired) electrons. The van der Waals surface area contributed by atoms with Gasteiger partial charge in [0.25, 0.3) is 11.5 Å². The van der Waals surface area contributed by atoms with Gasteiger partial charge in [-0.25, -0.2) is 9.37 Å². The third kappa shape index (κ3) is 3.56. The van der Waals surface area contributed by atoms with Crippen LogP contribution in [0.4, 0.5) is 21.7 Å². The minimum atomic E-state index is -1.02. The second-order valence-electron chi connectivity index (χ2n) is 8.28. The van der Waals surface area contributed by atoms with Gasteiger partial charge in [0, 0.05) is 44.0 Å². The van der Waals surface area contributed by atoms with E-state index in [1.807, 2.05) is 20.9 Å². The van der Waals surface area contributed by atoms with E-state index in [1.165, 1.54) is 15.3 Å². The summed E-state index contributed by atoms with van der Waals surface area (Å²) in [5.74, 6) is 0.989. The first-order valence-electron chi connectivity index (χ1n) is 10.8. The number of alkyl halides is 1. The van der Waals surface area contributed by atoms with Crippen LogP contribution in [0.3, 0.4) is 0 Å². The predicted molar refractivity (Wildman–Crippen MR) is 125 cm³/mol. The van der Waals surface area contributed by atoms with E-state index in [2.05, 4.69) is 31.1 Å². The third-order valence-electron chi connectivity index (χ3n) is 6.05.